The number of carbonyl (C=O) groups is 1. The fourth-order valence-electron chi connectivity index (χ4n) is 5.27. The number of pyridine rings is 1. The van der Waals surface area contributed by atoms with E-state index in [4.69, 9.17) is 5.10 Å². The molecule has 1 N–H and O–H groups in total. The lowest BCUT2D eigenvalue weighted by atomic mass is 9.77. The zero-order chi connectivity index (χ0) is 27.5. The van der Waals surface area contributed by atoms with Crippen LogP contribution in [0.2, 0.25) is 0 Å². The number of aromatic carboxylic acids is 1. The van der Waals surface area contributed by atoms with Crippen LogP contribution in [0.15, 0.2) is 128 Å². The standard InChI is InChI=1S/C34H24FN3O2/c35-30-22-25(33(39)40)21-29-31(19-18-24-11-10-20-36-23-24)37-38(32(29)30)34(26-12-4-1-5-13-26,27-14-6-2-7-15-27)28-16-8-3-9-17-28/h1-23H,(H,39,40)/b19-18+. The van der Waals surface area contributed by atoms with Gasteiger partial charge in [-0.2, -0.15) is 5.10 Å². The van der Waals surface area contributed by atoms with Gasteiger partial charge in [-0.1, -0.05) is 103 Å². The highest BCUT2D eigenvalue weighted by atomic mass is 19.1. The van der Waals surface area contributed by atoms with Crippen LogP contribution in [0.1, 0.15) is 38.3 Å². The van der Waals surface area contributed by atoms with Gasteiger partial charge in [-0.3, -0.25) is 4.98 Å². The van der Waals surface area contributed by atoms with Crippen molar-refractivity contribution >= 4 is 29.0 Å². The number of rotatable bonds is 7. The Kier molecular flexibility index (Phi) is 6.50. The number of hydrogen-bond acceptors (Lipinski definition) is 3. The van der Waals surface area contributed by atoms with Gasteiger partial charge in [-0.15, -0.1) is 0 Å². The molecule has 0 saturated heterocycles. The Morgan fingerprint density at radius 1 is 0.775 bits per heavy atom. The Morgan fingerprint density at radius 3 is 1.85 bits per heavy atom. The van der Waals surface area contributed by atoms with Gasteiger partial charge < -0.3 is 5.11 Å². The average Bonchev–Trinajstić information content (AvgIpc) is 3.38. The molecule has 6 aromatic rings. The summed E-state index contributed by atoms with van der Waals surface area (Å²) in [4.78, 5) is 16.1. The number of aromatic nitrogens is 3. The minimum absolute atomic E-state index is 0.148. The average molecular weight is 526 g/mol. The maximum Gasteiger partial charge on any atom is 0.335 e. The molecule has 0 atom stereocenters. The van der Waals surface area contributed by atoms with Crippen molar-refractivity contribution in [3.05, 3.63) is 167 Å². The Morgan fingerprint density at radius 2 is 1.35 bits per heavy atom. The molecule has 0 aliphatic carbocycles. The van der Waals surface area contributed by atoms with Crippen LogP contribution in [0.4, 0.5) is 4.39 Å². The van der Waals surface area contributed by atoms with E-state index in [1.54, 1.807) is 23.2 Å². The van der Waals surface area contributed by atoms with Gasteiger partial charge in [0.2, 0.25) is 0 Å². The summed E-state index contributed by atoms with van der Waals surface area (Å²) >= 11 is 0. The summed E-state index contributed by atoms with van der Waals surface area (Å²) in [5.74, 6) is -1.88. The molecule has 0 saturated carbocycles. The van der Waals surface area contributed by atoms with E-state index in [-0.39, 0.29) is 11.1 Å². The fraction of sp³-hybridized carbons (Fsp3) is 0.0294. The summed E-state index contributed by atoms with van der Waals surface area (Å²) in [6.45, 7) is 0. The normalized spacial score (nSPS) is 11.7. The predicted molar refractivity (Wildman–Crippen MR) is 154 cm³/mol. The number of hydrogen-bond donors (Lipinski definition) is 1. The number of carboxylic acid groups (broad SMARTS) is 1. The molecule has 194 valence electrons. The van der Waals surface area contributed by atoms with Crippen molar-refractivity contribution in [3.8, 4) is 0 Å². The summed E-state index contributed by atoms with van der Waals surface area (Å²) < 4.78 is 17.9. The monoisotopic (exact) mass is 525 g/mol. The van der Waals surface area contributed by atoms with Gasteiger partial charge >= 0.3 is 5.97 Å². The van der Waals surface area contributed by atoms with Crippen LogP contribution in [0.5, 0.6) is 0 Å². The van der Waals surface area contributed by atoms with Crippen molar-refractivity contribution in [2.24, 2.45) is 0 Å². The molecule has 0 aliphatic heterocycles. The van der Waals surface area contributed by atoms with E-state index in [2.05, 4.69) is 4.98 Å². The molecule has 6 rings (SSSR count). The molecular formula is C34H24FN3O2. The third-order valence-electron chi connectivity index (χ3n) is 7.02. The van der Waals surface area contributed by atoms with Crippen molar-refractivity contribution < 1.29 is 14.3 Å². The van der Waals surface area contributed by atoms with E-state index < -0.39 is 17.3 Å². The van der Waals surface area contributed by atoms with Crippen LogP contribution in [-0.4, -0.2) is 25.8 Å². The van der Waals surface area contributed by atoms with Crippen LogP contribution >= 0.6 is 0 Å². The first-order valence-electron chi connectivity index (χ1n) is 12.8. The first-order chi connectivity index (χ1) is 19.6. The molecule has 0 aliphatic rings. The Balaban J connectivity index is 1.76. The molecule has 0 amide bonds. The van der Waals surface area contributed by atoms with E-state index in [1.807, 2.05) is 109 Å². The number of carboxylic acids is 1. The van der Waals surface area contributed by atoms with Gasteiger partial charge in [0.1, 0.15) is 16.9 Å². The first-order valence-corrected chi connectivity index (χ1v) is 12.8. The summed E-state index contributed by atoms with van der Waals surface area (Å²) in [6, 6.07) is 35.8. The van der Waals surface area contributed by atoms with Crippen molar-refractivity contribution in [1.29, 1.82) is 0 Å². The maximum absolute atomic E-state index is 16.2. The zero-order valence-corrected chi connectivity index (χ0v) is 21.4. The SMILES string of the molecule is O=C(O)c1cc(F)c2c(c1)c(/C=C/c1cccnc1)nn2C(c1ccccc1)(c1ccccc1)c1ccccc1. The second-order valence-electron chi connectivity index (χ2n) is 9.38. The second-order valence-corrected chi connectivity index (χ2v) is 9.38. The fourth-order valence-corrected chi connectivity index (χ4v) is 5.27. The Labute approximate surface area is 230 Å². The lowest BCUT2D eigenvalue weighted by Gasteiger charge is -2.37. The molecule has 2 aromatic heterocycles. The minimum Gasteiger partial charge on any atom is -0.478 e. The van der Waals surface area contributed by atoms with Crippen molar-refractivity contribution in [2.45, 2.75) is 5.54 Å². The van der Waals surface area contributed by atoms with Gasteiger partial charge in [0.05, 0.1) is 11.3 Å². The molecule has 0 bridgehead atoms. The summed E-state index contributed by atoms with van der Waals surface area (Å²) in [5.41, 5.74) is 2.88. The van der Waals surface area contributed by atoms with Crippen LogP contribution in [0.3, 0.4) is 0 Å². The zero-order valence-electron chi connectivity index (χ0n) is 21.4. The van der Waals surface area contributed by atoms with E-state index >= 15 is 4.39 Å². The number of nitrogens with zero attached hydrogens (tertiary/aromatic N) is 3. The molecule has 0 spiro atoms. The van der Waals surface area contributed by atoms with E-state index in [9.17, 15) is 9.90 Å². The van der Waals surface area contributed by atoms with E-state index in [0.29, 0.717) is 11.1 Å². The largest absolute Gasteiger partial charge is 0.478 e. The van der Waals surface area contributed by atoms with Gasteiger partial charge in [0.25, 0.3) is 0 Å². The highest BCUT2D eigenvalue weighted by Crippen LogP contribution is 2.43. The predicted octanol–water partition coefficient (Wildman–Crippen LogP) is 7.28. The highest BCUT2D eigenvalue weighted by molar-refractivity contribution is 5.97. The molecular weight excluding hydrogens is 501 g/mol. The molecule has 0 fully saturated rings. The van der Waals surface area contributed by atoms with E-state index in [1.165, 1.54) is 6.07 Å². The summed E-state index contributed by atoms with van der Waals surface area (Å²) in [6.07, 6.45) is 7.00. The molecule has 0 radical (unpaired) electrons. The third-order valence-corrected chi connectivity index (χ3v) is 7.02. The van der Waals surface area contributed by atoms with Crippen LogP contribution in [-0.2, 0) is 5.54 Å². The number of benzene rings is 4. The van der Waals surface area contributed by atoms with Crippen molar-refractivity contribution in [3.63, 3.8) is 0 Å². The summed E-state index contributed by atoms with van der Waals surface area (Å²) in [5, 5.41) is 15.2. The molecule has 40 heavy (non-hydrogen) atoms. The lowest BCUT2D eigenvalue weighted by Crippen LogP contribution is -2.38. The van der Waals surface area contributed by atoms with E-state index in [0.717, 1.165) is 28.3 Å². The highest BCUT2D eigenvalue weighted by Gasteiger charge is 2.41. The third kappa shape index (κ3) is 4.25. The van der Waals surface area contributed by atoms with Crippen LogP contribution in [0, 0.1) is 5.82 Å². The first kappa shape index (κ1) is 24.9. The van der Waals surface area contributed by atoms with Crippen LogP contribution < -0.4 is 0 Å². The second kappa shape index (κ2) is 10.4. The van der Waals surface area contributed by atoms with Gasteiger partial charge in [-0.05, 0) is 46.5 Å². The Bertz CT molecular complexity index is 1720. The smallest absolute Gasteiger partial charge is 0.335 e. The van der Waals surface area contributed by atoms with Gasteiger partial charge in [-0.25, -0.2) is 13.9 Å². The quantitative estimate of drug-likeness (QED) is 0.223. The van der Waals surface area contributed by atoms with Gasteiger partial charge in [0, 0.05) is 17.8 Å². The van der Waals surface area contributed by atoms with Crippen molar-refractivity contribution in [1.82, 2.24) is 14.8 Å². The Hall–Kier alpha value is -5.36. The maximum atomic E-state index is 16.2. The van der Waals surface area contributed by atoms with Crippen LogP contribution in [0.25, 0.3) is 23.1 Å². The molecule has 4 aromatic carbocycles. The molecule has 0 unspecified atom stereocenters. The van der Waals surface area contributed by atoms with Gasteiger partial charge in [0.15, 0.2) is 0 Å². The topological polar surface area (TPSA) is 68.0 Å². The molecule has 6 heteroatoms. The minimum atomic E-state index is -1.21. The number of fused-ring (bicyclic) bond motifs is 1. The molecule has 5 nitrogen and oxygen atoms in total. The lowest BCUT2D eigenvalue weighted by molar-refractivity contribution is 0.0696. The molecule has 2 heterocycles. The summed E-state index contributed by atoms with van der Waals surface area (Å²) in [7, 11) is 0. The number of halogens is 1. The van der Waals surface area contributed by atoms with Crippen molar-refractivity contribution in [2.75, 3.05) is 0 Å².